The van der Waals surface area contributed by atoms with E-state index in [1.807, 2.05) is 25.1 Å². The molecule has 1 heterocycles. The summed E-state index contributed by atoms with van der Waals surface area (Å²) in [5, 5.41) is 13.7. The Morgan fingerprint density at radius 3 is 2.50 bits per heavy atom. The number of halogens is 2. The van der Waals surface area contributed by atoms with Gasteiger partial charge in [0, 0.05) is 26.2 Å². The van der Waals surface area contributed by atoms with Crippen molar-refractivity contribution < 1.29 is 9.90 Å². The van der Waals surface area contributed by atoms with Crippen LogP contribution in [0.4, 0.5) is 11.4 Å². The molecule has 2 N–H and O–H groups in total. The maximum Gasteiger partial charge on any atom is 0.238 e. The van der Waals surface area contributed by atoms with Gasteiger partial charge in [-0.3, -0.25) is 9.69 Å². The molecule has 1 fully saturated rings. The maximum atomic E-state index is 12.4. The van der Waals surface area contributed by atoms with Crippen molar-refractivity contribution in [1.29, 1.82) is 0 Å². The minimum Gasteiger partial charge on any atom is -0.506 e. The topological polar surface area (TPSA) is 55.8 Å². The second-order valence-corrected chi connectivity index (χ2v) is 7.14. The van der Waals surface area contributed by atoms with Crippen molar-refractivity contribution in [3.05, 3.63) is 52.0 Å². The zero-order chi connectivity index (χ0) is 18.7. The van der Waals surface area contributed by atoms with E-state index >= 15 is 0 Å². The number of hydrogen-bond acceptors (Lipinski definition) is 4. The average molecular weight is 394 g/mol. The number of rotatable bonds is 4. The van der Waals surface area contributed by atoms with Crippen molar-refractivity contribution in [2.45, 2.75) is 6.92 Å². The highest BCUT2D eigenvalue weighted by Crippen LogP contribution is 2.33. The second-order valence-electron chi connectivity index (χ2n) is 6.35. The Bertz CT molecular complexity index is 805. The minimum absolute atomic E-state index is 0.143. The first kappa shape index (κ1) is 18.8. The van der Waals surface area contributed by atoms with Crippen LogP contribution in [-0.2, 0) is 4.79 Å². The zero-order valence-corrected chi connectivity index (χ0v) is 16.0. The highest BCUT2D eigenvalue weighted by molar-refractivity contribution is 6.40. The van der Waals surface area contributed by atoms with E-state index in [9.17, 15) is 9.90 Å². The summed E-state index contributed by atoms with van der Waals surface area (Å²) >= 11 is 12.4. The molecule has 0 aliphatic carbocycles. The molecule has 0 radical (unpaired) electrons. The lowest BCUT2D eigenvalue weighted by molar-refractivity contribution is -0.117. The molecule has 0 atom stereocenters. The molecule has 1 amide bonds. The molecule has 1 aliphatic heterocycles. The number of aryl methyl sites for hydroxylation is 1. The van der Waals surface area contributed by atoms with Crippen LogP contribution in [0.25, 0.3) is 0 Å². The van der Waals surface area contributed by atoms with Crippen molar-refractivity contribution >= 4 is 40.5 Å². The molecule has 2 aromatic rings. The number of phenols is 1. The predicted octanol–water partition coefficient (Wildman–Crippen LogP) is 3.77. The summed E-state index contributed by atoms with van der Waals surface area (Å²) in [6, 6.07) is 10.8. The summed E-state index contributed by atoms with van der Waals surface area (Å²) in [6.45, 7) is 5.10. The van der Waals surface area contributed by atoms with E-state index in [1.54, 1.807) is 18.2 Å². The quantitative estimate of drug-likeness (QED) is 0.829. The third-order valence-corrected chi connectivity index (χ3v) is 5.31. The van der Waals surface area contributed by atoms with E-state index in [2.05, 4.69) is 15.1 Å². The fourth-order valence-corrected chi connectivity index (χ4v) is 3.50. The summed E-state index contributed by atoms with van der Waals surface area (Å²) in [4.78, 5) is 16.6. The van der Waals surface area contributed by atoms with Crippen LogP contribution >= 0.6 is 23.2 Å². The molecule has 0 saturated carbocycles. The first-order valence-electron chi connectivity index (χ1n) is 8.45. The number of anilines is 2. The number of benzene rings is 2. The molecule has 0 aromatic heterocycles. The number of para-hydroxylation sites is 2. The van der Waals surface area contributed by atoms with Crippen LogP contribution < -0.4 is 10.2 Å². The molecule has 1 aliphatic rings. The number of amides is 1. The summed E-state index contributed by atoms with van der Waals surface area (Å²) in [6.07, 6.45) is 0. The Labute approximate surface area is 163 Å². The number of nitrogens with zero attached hydrogens (tertiary/aromatic N) is 2. The number of piperazine rings is 1. The predicted molar refractivity (Wildman–Crippen MR) is 107 cm³/mol. The standard InChI is InChI=1S/C19H21Cl2N3O2/c1-13-6-7-14(20)19(18(13)21)22-17(26)12-23-8-10-24(11-9-23)15-4-2-3-5-16(15)25/h2-7,25H,8-12H2,1H3,(H,22,26). The summed E-state index contributed by atoms with van der Waals surface area (Å²) < 4.78 is 0. The number of hydrogen-bond donors (Lipinski definition) is 2. The van der Waals surface area contributed by atoms with Crippen molar-refractivity contribution in [1.82, 2.24) is 4.90 Å². The van der Waals surface area contributed by atoms with E-state index in [0.29, 0.717) is 15.7 Å². The van der Waals surface area contributed by atoms with Crippen molar-refractivity contribution in [3.8, 4) is 5.75 Å². The van der Waals surface area contributed by atoms with Gasteiger partial charge in [0.1, 0.15) is 5.75 Å². The first-order valence-corrected chi connectivity index (χ1v) is 9.21. The first-order chi connectivity index (χ1) is 12.5. The van der Waals surface area contributed by atoms with Crippen LogP contribution in [-0.4, -0.2) is 48.6 Å². The van der Waals surface area contributed by atoms with Crippen LogP contribution in [0.1, 0.15) is 5.56 Å². The number of carbonyl (C=O) groups excluding carboxylic acids is 1. The van der Waals surface area contributed by atoms with Gasteiger partial charge in [-0.05, 0) is 30.7 Å². The Balaban J connectivity index is 1.56. The lowest BCUT2D eigenvalue weighted by Crippen LogP contribution is -2.48. The van der Waals surface area contributed by atoms with E-state index in [4.69, 9.17) is 23.2 Å². The number of nitrogens with one attached hydrogen (secondary N) is 1. The normalized spacial score (nSPS) is 15.1. The highest BCUT2D eigenvalue weighted by Gasteiger charge is 2.21. The van der Waals surface area contributed by atoms with Crippen LogP contribution in [0, 0.1) is 6.92 Å². The Morgan fingerprint density at radius 1 is 1.12 bits per heavy atom. The largest absolute Gasteiger partial charge is 0.506 e. The van der Waals surface area contributed by atoms with Gasteiger partial charge in [0.05, 0.1) is 28.0 Å². The van der Waals surface area contributed by atoms with Crippen LogP contribution in [0.3, 0.4) is 0 Å². The van der Waals surface area contributed by atoms with Gasteiger partial charge in [-0.1, -0.05) is 41.4 Å². The molecule has 0 bridgehead atoms. The monoisotopic (exact) mass is 393 g/mol. The maximum absolute atomic E-state index is 12.4. The van der Waals surface area contributed by atoms with Gasteiger partial charge in [0.25, 0.3) is 0 Å². The molecule has 0 unspecified atom stereocenters. The average Bonchev–Trinajstić information content (AvgIpc) is 2.63. The summed E-state index contributed by atoms with van der Waals surface area (Å²) in [5.41, 5.74) is 2.16. The highest BCUT2D eigenvalue weighted by atomic mass is 35.5. The third-order valence-electron chi connectivity index (χ3n) is 4.51. The molecular formula is C19H21Cl2N3O2. The zero-order valence-electron chi connectivity index (χ0n) is 14.5. The van der Waals surface area contributed by atoms with Crippen molar-refractivity contribution in [2.75, 3.05) is 42.9 Å². The summed E-state index contributed by atoms with van der Waals surface area (Å²) in [7, 11) is 0. The van der Waals surface area contributed by atoms with Crippen LogP contribution in [0.15, 0.2) is 36.4 Å². The molecule has 5 nitrogen and oxygen atoms in total. The fraction of sp³-hybridized carbons (Fsp3) is 0.316. The van der Waals surface area contributed by atoms with Crippen molar-refractivity contribution in [2.24, 2.45) is 0 Å². The SMILES string of the molecule is Cc1ccc(Cl)c(NC(=O)CN2CCN(c3ccccc3O)CC2)c1Cl. The van der Waals surface area contributed by atoms with Gasteiger partial charge in [-0.15, -0.1) is 0 Å². The van der Waals surface area contributed by atoms with E-state index in [-0.39, 0.29) is 18.2 Å². The molecule has 7 heteroatoms. The Morgan fingerprint density at radius 2 is 1.81 bits per heavy atom. The van der Waals surface area contributed by atoms with Gasteiger partial charge in [-0.25, -0.2) is 0 Å². The number of aromatic hydroxyl groups is 1. The second kappa shape index (κ2) is 8.16. The van der Waals surface area contributed by atoms with Gasteiger partial charge < -0.3 is 15.3 Å². The van der Waals surface area contributed by atoms with Gasteiger partial charge >= 0.3 is 0 Å². The van der Waals surface area contributed by atoms with Gasteiger partial charge in [0.2, 0.25) is 5.91 Å². The molecule has 0 spiro atoms. The molecule has 138 valence electrons. The molecular weight excluding hydrogens is 373 g/mol. The minimum atomic E-state index is -0.143. The lowest BCUT2D eigenvalue weighted by atomic mass is 10.2. The van der Waals surface area contributed by atoms with Crippen LogP contribution in [0.5, 0.6) is 5.75 Å². The van der Waals surface area contributed by atoms with Gasteiger partial charge in [-0.2, -0.15) is 0 Å². The lowest BCUT2D eigenvalue weighted by Gasteiger charge is -2.35. The molecule has 3 rings (SSSR count). The Kier molecular flexibility index (Phi) is 5.91. The van der Waals surface area contributed by atoms with Crippen molar-refractivity contribution in [3.63, 3.8) is 0 Å². The number of phenolic OH excluding ortho intramolecular Hbond substituents is 1. The smallest absolute Gasteiger partial charge is 0.238 e. The van der Waals surface area contributed by atoms with E-state index in [1.165, 1.54) is 0 Å². The summed E-state index contributed by atoms with van der Waals surface area (Å²) in [5.74, 6) is 0.137. The molecule has 2 aromatic carbocycles. The molecule has 26 heavy (non-hydrogen) atoms. The van der Waals surface area contributed by atoms with Crippen LogP contribution in [0.2, 0.25) is 10.0 Å². The molecule has 1 saturated heterocycles. The third kappa shape index (κ3) is 4.23. The fourth-order valence-electron chi connectivity index (χ4n) is 3.03. The van der Waals surface area contributed by atoms with E-state index in [0.717, 1.165) is 37.4 Å². The van der Waals surface area contributed by atoms with E-state index < -0.39 is 0 Å². The van der Waals surface area contributed by atoms with Gasteiger partial charge in [0.15, 0.2) is 0 Å². The Hall–Kier alpha value is -1.95. The number of carbonyl (C=O) groups is 1.